The predicted molar refractivity (Wildman–Crippen MR) is 117 cm³/mol. The normalized spacial score (nSPS) is 15.6. The number of hydrogen-bond acceptors (Lipinski definition) is 6. The summed E-state index contributed by atoms with van der Waals surface area (Å²) in [5, 5.41) is 1.20. The molecule has 1 fully saturated rings. The number of esters is 1. The molecular formula is C22H21BrN2O6. The molecule has 2 aromatic rings. The number of benzene rings is 2. The molecule has 0 saturated carbocycles. The zero-order valence-electron chi connectivity index (χ0n) is 17.2. The van der Waals surface area contributed by atoms with Gasteiger partial charge in [0.2, 0.25) is 0 Å². The Bertz CT molecular complexity index is 1040. The largest absolute Gasteiger partial charge is 0.490 e. The quantitative estimate of drug-likeness (QED) is 0.365. The number of methoxy groups -OCH3 is 1. The zero-order chi connectivity index (χ0) is 22.5. The maximum atomic E-state index is 12.8. The van der Waals surface area contributed by atoms with Crippen LogP contribution in [0, 0.1) is 0 Å². The molecule has 0 aromatic heterocycles. The van der Waals surface area contributed by atoms with Crippen molar-refractivity contribution in [3.8, 4) is 11.5 Å². The van der Waals surface area contributed by atoms with Crippen LogP contribution >= 0.6 is 15.9 Å². The lowest BCUT2D eigenvalue weighted by atomic mass is 10.1. The number of ether oxygens (including phenoxy) is 3. The van der Waals surface area contributed by atoms with Gasteiger partial charge in [0.25, 0.3) is 11.8 Å². The van der Waals surface area contributed by atoms with Crippen molar-refractivity contribution >= 4 is 45.5 Å². The number of carbonyl (C=O) groups is 3. The predicted octanol–water partition coefficient (Wildman–Crippen LogP) is 3.25. The van der Waals surface area contributed by atoms with Crippen LogP contribution < -0.4 is 19.9 Å². The molecule has 9 heteroatoms. The summed E-state index contributed by atoms with van der Waals surface area (Å²) < 4.78 is 16.5. The van der Waals surface area contributed by atoms with Crippen LogP contribution in [0.4, 0.5) is 5.69 Å². The summed E-state index contributed by atoms with van der Waals surface area (Å²) in [6.07, 6.45) is 0.618. The molecule has 162 valence electrons. The van der Waals surface area contributed by atoms with Crippen LogP contribution in [0.15, 0.2) is 52.5 Å². The second kappa shape index (κ2) is 9.65. The molecule has 0 spiro atoms. The van der Waals surface area contributed by atoms with E-state index in [1.165, 1.54) is 18.2 Å². The number of anilines is 1. The molecule has 2 amide bonds. The van der Waals surface area contributed by atoms with Crippen LogP contribution in [0.25, 0.3) is 6.08 Å². The minimum Gasteiger partial charge on any atom is -0.490 e. The van der Waals surface area contributed by atoms with Crippen LogP contribution in [0.5, 0.6) is 11.5 Å². The molecule has 1 aliphatic heterocycles. The van der Waals surface area contributed by atoms with Crippen molar-refractivity contribution in [3.05, 3.63) is 58.1 Å². The molecule has 3 rings (SSSR count). The molecule has 0 radical (unpaired) electrons. The number of amides is 2. The van der Waals surface area contributed by atoms with Crippen molar-refractivity contribution in [2.24, 2.45) is 0 Å². The van der Waals surface area contributed by atoms with Gasteiger partial charge in [-0.1, -0.05) is 18.2 Å². The van der Waals surface area contributed by atoms with Gasteiger partial charge in [-0.2, -0.15) is 0 Å². The number of hydrazine groups is 1. The Balaban J connectivity index is 1.94. The van der Waals surface area contributed by atoms with Crippen LogP contribution in [-0.2, 0) is 19.1 Å². The Labute approximate surface area is 187 Å². The minimum absolute atomic E-state index is 0.0187. The van der Waals surface area contributed by atoms with E-state index in [9.17, 15) is 14.4 Å². The van der Waals surface area contributed by atoms with Gasteiger partial charge >= 0.3 is 5.97 Å². The summed E-state index contributed by atoms with van der Waals surface area (Å²) in [5.74, 6) is -0.845. The summed E-state index contributed by atoms with van der Waals surface area (Å²) in [6, 6.07) is 12.1. The van der Waals surface area contributed by atoms with Crippen molar-refractivity contribution in [2.75, 3.05) is 18.7 Å². The van der Waals surface area contributed by atoms with E-state index in [4.69, 9.17) is 14.2 Å². The number of rotatable bonds is 7. The molecule has 31 heavy (non-hydrogen) atoms. The third-order valence-electron chi connectivity index (χ3n) is 4.38. The average Bonchev–Trinajstić information content (AvgIpc) is 3.04. The maximum absolute atomic E-state index is 12.8. The number of carbonyl (C=O) groups excluding carboxylic acids is 3. The van der Waals surface area contributed by atoms with Crippen LogP contribution in [0.3, 0.4) is 0 Å². The minimum atomic E-state index is -0.855. The third kappa shape index (κ3) is 4.88. The molecule has 8 nitrogen and oxygen atoms in total. The van der Waals surface area contributed by atoms with Crippen molar-refractivity contribution in [2.45, 2.75) is 20.0 Å². The van der Waals surface area contributed by atoms with Gasteiger partial charge in [-0.3, -0.25) is 15.0 Å². The number of nitrogens with one attached hydrogen (secondary N) is 1. The fourth-order valence-corrected chi connectivity index (χ4v) is 3.48. The second-order valence-corrected chi connectivity index (χ2v) is 7.38. The van der Waals surface area contributed by atoms with Gasteiger partial charge in [0, 0.05) is 0 Å². The van der Waals surface area contributed by atoms with Crippen LogP contribution in [-0.4, -0.2) is 37.6 Å². The molecule has 1 atom stereocenters. The lowest BCUT2D eigenvalue weighted by Gasteiger charge is -2.18. The summed E-state index contributed by atoms with van der Waals surface area (Å²) in [6.45, 7) is 3.71. The summed E-state index contributed by atoms with van der Waals surface area (Å²) in [4.78, 5) is 36.9. The number of para-hydroxylation sites is 1. The molecular weight excluding hydrogens is 468 g/mol. The van der Waals surface area contributed by atoms with Crippen molar-refractivity contribution < 1.29 is 28.6 Å². The first-order valence-electron chi connectivity index (χ1n) is 9.48. The molecule has 2 aromatic carbocycles. The van der Waals surface area contributed by atoms with Crippen LogP contribution in [0.1, 0.15) is 19.4 Å². The Kier molecular flexibility index (Phi) is 6.96. The van der Waals surface area contributed by atoms with Gasteiger partial charge in [0.1, 0.15) is 5.57 Å². The zero-order valence-corrected chi connectivity index (χ0v) is 18.8. The number of halogens is 1. The number of nitrogens with zero attached hydrogens (tertiary/aromatic N) is 1. The van der Waals surface area contributed by atoms with E-state index in [2.05, 4.69) is 21.4 Å². The van der Waals surface area contributed by atoms with Gasteiger partial charge in [0.05, 0.1) is 23.9 Å². The monoisotopic (exact) mass is 488 g/mol. The number of hydrogen-bond donors (Lipinski definition) is 1. The molecule has 1 aliphatic rings. The van der Waals surface area contributed by atoms with Gasteiger partial charge < -0.3 is 14.2 Å². The van der Waals surface area contributed by atoms with E-state index >= 15 is 0 Å². The van der Waals surface area contributed by atoms with E-state index in [0.29, 0.717) is 33.8 Å². The van der Waals surface area contributed by atoms with Crippen LogP contribution in [0.2, 0.25) is 0 Å². The smallest absolute Gasteiger partial charge is 0.346 e. The van der Waals surface area contributed by atoms with Crippen molar-refractivity contribution in [1.82, 2.24) is 5.43 Å². The first-order chi connectivity index (χ1) is 14.8. The first kappa shape index (κ1) is 22.4. The van der Waals surface area contributed by atoms with Crippen molar-refractivity contribution in [3.63, 3.8) is 0 Å². The Morgan fingerprint density at radius 3 is 2.58 bits per heavy atom. The summed E-state index contributed by atoms with van der Waals surface area (Å²) in [5.41, 5.74) is 3.64. The van der Waals surface area contributed by atoms with E-state index in [1.807, 2.05) is 6.07 Å². The molecule has 1 N–H and O–H groups in total. The molecule has 0 bridgehead atoms. The third-order valence-corrected chi connectivity index (χ3v) is 4.97. The van der Waals surface area contributed by atoms with Gasteiger partial charge in [-0.25, -0.2) is 9.80 Å². The highest BCUT2D eigenvalue weighted by atomic mass is 79.9. The van der Waals surface area contributed by atoms with E-state index in [1.54, 1.807) is 50.2 Å². The standard InChI is InChI=1S/C22H21BrN2O6/c1-4-30-18-12-14(11-17(23)19(18)31-13(2)22(28)29-3)10-16-20(26)24-25(21(16)27)15-8-6-5-7-9-15/h5-13H,4H2,1-3H3,(H,24,26). The Morgan fingerprint density at radius 2 is 1.94 bits per heavy atom. The van der Waals surface area contributed by atoms with Gasteiger partial charge in [-0.15, -0.1) is 0 Å². The van der Waals surface area contributed by atoms with Crippen molar-refractivity contribution in [1.29, 1.82) is 0 Å². The average molecular weight is 489 g/mol. The fraction of sp³-hybridized carbons (Fsp3) is 0.227. The second-order valence-electron chi connectivity index (χ2n) is 6.52. The lowest BCUT2D eigenvalue weighted by Crippen LogP contribution is -2.35. The molecule has 1 heterocycles. The molecule has 1 saturated heterocycles. The first-order valence-corrected chi connectivity index (χ1v) is 10.3. The highest BCUT2D eigenvalue weighted by Gasteiger charge is 2.34. The van der Waals surface area contributed by atoms with Gasteiger partial charge in [-0.05, 0) is 65.7 Å². The SMILES string of the molecule is CCOc1cc(C=C2C(=O)NN(c3ccccc3)C2=O)cc(Br)c1OC(C)C(=O)OC. The Morgan fingerprint density at radius 1 is 1.23 bits per heavy atom. The maximum Gasteiger partial charge on any atom is 0.346 e. The molecule has 1 unspecified atom stereocenters. The van der Waals surface area contributed by atoms with E-state index < -0.39 is 23.9 Å². The Hall–Kier alpha value is -3.33. The topological polar surface area (TPSA) is 94.2 Å². The highest BCUT2D eigenvalue weighted by molar-refractivity contribution is 9.10. The van der Waals surface area contributed by atoms with Gasteiger partial charge in [0.15, 0.2) is 17.6 Å². The summed E-state index contributed by atoms with van der Waals surface area (Å²) in [7, 11) is 1.28. The van der Waals surface area contributed by atoms with E-state index in [-0.39, 0.29) is 5.57 Å². The molecule has 0 aliphatic carbocycles. The fourth-order valence-electron chi connectivity index (χ4n) is 2.92. The lowest BCUT2D eigenvalue weighted by molar-refractivity contribution is -0.148. The van der Waals surface area contributed by atoms with E-state index in [0.717, 1.165) is 0 Å². The summed E-state index contributed by atoms with van der Waals surface area (Å²) >= 11 is 3.41. The highest BCUT2D eigenvalue weighted by Crippen LogP contribution is 2.38.